The summed E-state index contributed by atoms with van der Waals surface area (Å²) < 4.78 is 37.6. The third kappa shape index (κ3) is 5.94. The van der Waals surface area contributed by atoms with Crippen molar-refractivity contribution in [2.45, 2.75) is 14.4 Å². The van der Waals surface area contributed by atoms with Gasteiger partial charge in [0.25, 0.3) is 0 Å². The molecule has 8 heteroatoms. The first kappa shape index (κ1) is 14.1. The van der Waals surface area contributed by atoms with E-state index in [1.165, 1.54) is 12.1 Å². The van der Waals surface area contributed by atoms with Crippen LogP contribution in [0, 0.1) is 0 Å². The molecule has 0 aromatic heterocycles. The van der Waals surface area contributed by atoms with Gasteiger partial charge in [-0.05, 0) is 24.3 Å². The first-order valence-corrected chi connectivity index (χ1v) is 5.72. The van der Waals surface area contributed by atoms with E-state index in [0.717, 1.165) is 23.9 Å². The van der Waals surface area contributed by atoms with Gasteiger partial charge >= 0.3 is 6.36 Å². The highest BCUT2D eigenvalue weighted by Crippen LogP contribution is 2.43. The van der Waals surface area contributed by atoms with Crippen molar-refractivity contribution >= 4 is 46.6 Å². The van der Waals surface area contributed by atoms with Gasteiger partial charge in [0.1, 0.15) is 5.75 Å². The lowest BCUT2D eigenvalue weighted by atomic mass is 10.3. The van der Waals surface area contributed by atoms with Gasteiger partial charge in [-0.15, -0.1) is 13.2 Å². The van der Waals surface area contributed by atoms with E-state index in [9.17, 15) is 13.2 Å². The number of benzene rings is 1. The molecule has 0 saturated carbocycles. The van der Waals surface area contributed by atoms with Gasteiger partial charge in [0.15, 0.2) is 0 Å². The molecule has 0 radical (unpaired) electrons. The molecule has 0 heterocycles. The number of halogens is 6. The van der Waals surface area contributed by atoms with Gasteiger partial charge in [0.2, 0.25) is 3.12 Å². The van der Waals surface area contributed by atoms with Crippen molar-refractivity contribution < 1.29 is 17.9 Å². The van der Waals surface area contributed by atoms with Crippen molar-refractivity contribution in [2.24, 2.45) is 0 Å². The summed E-state index contributed by atoms with van der Waals surface area (Å²) in [6.45, 7) is 0. The zero-order valence-corrected chi connectivity index (χ0v) is 10.5. The normalized spacial score (nSPS) is 12.6. The highest BCUT2D eigenvalue weighted by atomic mass is 35.6. The van der Waals surface area contributed by atoms with Crippen LogP contribution in [0.25, 0.3) is 0 Å². The Morgan fingerprint density at radius 1 is 1.00 bits per heavy atom. The molecule has 0 aliphatic carbocycles. The van der Waals surface area contributed by atoms with Crippen LogP contribution in [0.1, 0.15) is 0 Å². The molecule has 0 bridgehead atoms. The van der Waals surface area contributed by atoms with Crippen molar-refractivity contribution in [1.82, 2.24) is 0 Å². The maximum Gasteiger partial charge on any atom is 0.573 e. The first-order chi connectivity index (χ1) is 7.16. The van der Waals surface area contributed by atoms with E-state index in [4.69, 9.17) is 34.8 Å². The molecule has 0 N–H and O–H groups in total. The number of alkyl halides is 6. The van der Waals surface area contributed by atoms with Crippen LogP contribution in [0.4, 0.5) is 13.2 Å². The zero-order valence-electron chi connectivity index (χ0n) is 7.39. The monoisotopic (exact) mass is 310 g/mol. The molecule has 1 rings (SSSR count). The Morgan fingerprint density at radius 3 is 1.88 bits per heavy atom. The van der Waals surface area contributed by atoms with Crippen molar-refractivity contribution in [3.8, 4) is 5.75 Å². The number of thioether (sulfide) groups is 1. The van der Waals surface area contributed by atoms with Crippen molar-refractivity contribution in [2.75, 3.05) is 0 Å². The maximum atomic E-state index is 11.8. The highest BCUT2D eigenvalue weighted by molar-refractivity contribution is 8.04. The molecule has 0 amide bonds. The lowest BCUT2D eigenvalue weighted by Gasteiger charge is -2.11. The molecule has 0 unspecified atom stereocenters. The van der Waals surface area contributed by atoms with Crippen molar-refractivity contribution in [3.63, 3.8) is 0 Å². The average molecular weight is 312 g/mol. The van der Waals surface area contributed by atoms with Crippen LogP contribution in [0.2, 0.25) is 0 Å². The Kier molecular flexibility index (Phi) is 4.51. The molecule has 0 spiro atoms. The molecule has 16 heavy (non-hydrogen) atoms. The molecule has 1 nitrogen and oxygen atoms in total. The van der Waals surface area contributed by atoms with E-state index in [2.05, 4.69) is 4.74 Å². The Balaban J connectivity index is 2.69. The van der Waals surface area contributed by atoms with Gasteiger partial charge in [-0.2, -0.15) is 0 Å². The largest absolute Gasteiger partial charge is 0.573 e. The molecule has 90 valence electrons. The second kappa shape index (κ2) is 5.12. The van der Waals surface area contributed by atoms with E-state index >= 15 is 0 Å². The molecule has 0 aliphatic heterocycles. The molecule has 0 atom stereocenters. The smallest absolute Gasteiger partial charge is 0.406 e. The fraction of sp³-hybridized carbons (Fsp3) is 0.250. The van der Waals surface area contributed by atoms with E-state index < -0.39 is 9.49 Å². The molecule has 0 fully saturated rings. The maximum absolute atomic E-state index is 11.8. The fourth-order valence-electron chi connectivity index (χ4n) is 0.843. The van der Waals surface area contributed by atoms with E-state index in [1.54, 1.807) is 0 Å². The molecule has 1 aromatic carbocycles. The van der Waals surface area contributed by atoms with Gasteiger partial charge in [-0.1, -0.05) is 46.6 Å². The van der Waals surface area contributed by atoms with Crippen LogP contribution >= 0.6 is 46.6 Å². The number of hydrogen-bond acceptors (Lipinski definition) is 2. The molecule has 0 saturated heterocycles. The van der Waals surface area contributed by atoms with Crippen molar-refractivity contribution in [3.05, 3.63) is 24.3 Å². The van der Waals surface area contributed by atoms with Gasteiger partial charge in [0, 0.05) is 4.90 Å². The second-order valence-corrected chi connectivity index (χ2v) is 6.81. The topological polar surface area (TPSA) is 9.23 Å². The van der Waals surface area contributed by atoms with Gasteiger partial charge in [-0.3, -0.25) is 0 Å². The summed E-state index contributed by atoms with van der Waals surface area (Å²) in [4.78, 5) is 0.523. The predicted molar refractivity (Wildman–Crippen MR) is 59.3 cm³/mol. The fourth-order valence-corrected chi connectivity index (χ4v) is 2.18. The van der Waals surface area contributed by atoms with E-state index in [-0.39, 0.29) is 5.75 Å². The molecule has 0 aliphatic rings. The summed E-state index contributed by atoms with van der Waals surface area (Å²) in [6, 6.07) is 5.03. The third-order valence-corrected chi connectivity index (χ3v) is 2.72. The van der Waals surface area contributed by atoms with Crippen LogP contribution in [-0.4, -0.2) is 9.49 Å². The number of rotatable bonds is 2. The van der Waals surface area contributed by atoms with Crippen molar-refractivity contribution in [1.29, 1.82) is 0 Å². The second-order valence-electron chi connectivity index (χ2n) is 2.57. The lowest BCUT2D eigenvalue weighted by molar-refractivity contribution is -0.274. The molecular formula is C8H4Cl3F3OS. The van der Waals surface area contributed by atoms with Gasteiger partial charge in [-0.25, -0.2) is 0 Å². The predicted octanol–water partition coefficient (Wildman–Crippen LogP) is 5.01. The first-order valence-electron chi connectivity index (χ1n) is 3.77. The number of ether oxygens (including phenoxy) is 1. The molecule has 1 aromatic rings. The van der Waals surface area contributed by atoms with Gasteiger partial charge in [0.05, 0.1) is 0 Å². The minimum atomic E-state index is -4.70. The Morgan fingerprint density at radius 2 is 1.50 bits per heavy atom. The van der Waals surface area contributed by atoms with Crippen LogP contribution < -0.4 is 4.74 Å². The average Bonchev–Trinajstić information content (AvgIpc) is 2.03. The Hall–Kier alpha value is 0.0300. The zero-order chi connectivity index (χ0) is 12.4. The molecular weight excluding hydrogens is 308 g/mol. The summed E-state index contributed by atoms with van der Waals surface area (Å²) in [5.41, 5.74) is 0. The van der Waals surface area contributed by atoms with E-state index in [0.29, 0.717) is 4.90 Å². The van der Waals surface area contributed by atoms with Crippen LogP contribution in [-0.2, 0) is 0 Å². The van der Waals surface area contributed by atoms with Crippen LogP contribution in [0.5, 0.6) is 5.75 Å². The van der Waals surface area contributed by atoms with Crippen LogP contribution in [0.3, 0.4) is 0 Å². The SMILES string of the molecule is FC(F)(F)Oc1ccc(SC(Cl)(Cl)Cl)cc1. The summed E-state index contributed by atoms with van der Waals surface area (Å²) in [6.07, 6.45) is -4.70. The van der Waals surface area contributed by atoms with Gasteiger partial charge < -0.3 is 4.74 Å². The number of hydrogen-bond donors (Lipinski definition) is 0. The summed E-state index contributed by atoms with van der Waals surface area (Å²) in [7, 11) is 0. The lowest BCUT2D eigenvalue weighted by Crippen LogP contribution is -2.16. The Labute approximate surface area is 109 Å². The minimum absolute atomic E-state index is 0.318. The highest BCUT2D eigenvalue weighted by Gasteiger charge is 2.31. The standard InChI is InChI=1S/C8H4Cl3F3OS/c9-7(10,11)16-6-3-1-5(2-4-6)15-8(12,13)14/h1-4H. The summed E-state index contributed by atoms with van der Waals surface area (Å²) in [5, 5.41) is 0. The van der Waals surface area contributed by atoms with Crippen LogP contribution in [0.15, 0.2) is 29.2 Å². The summed E-state index contributed by atoms with van der Waals surface area (Å²) >= 11 is 17.4. The quantitative estimate of drug-likeness (QED) is 0.561. The summed E-state index contributed by atoms with van der Waals surface area (Å²) in [5.74, 6) is -0.318. The van der Waals surface area contributed by atoms with E-state index in [1.807, 2.05) is 0 Å². The Bertz CT molecular complexity index is 312. The third-order valence-electron chi connectivity index (χ3n) is 1.29. The minimum Gasteiger partial charge on any atom is -0.406 e.